The molecular formula is C14H16FNO2S. The van der Waals surface area contributed by atoms with Crippen LogP contribution in [0, 0.1) is 12.7 Å². The Labute approximate surface area is 116 Å². The highest BCUT2D eigenvalue weighted by atomic mass is 32.2. The molecule has 1 amide bonds. The van der Waals surface area contributed by atoms with Gasteiger partial charge >= 0.3 is 0 Å². The topological polar surface area (TPSA) is 37.4 Å². The zero-order valence-corrected chi connectivity index (χ0v) is 11.8. The first-order valence-corrected chi connectivity index (χ1v) is 7.45. The predicted molar refractivity (Wildman–Crippen MR) is 75.4 cm³/mol. The minimum Gasteiger partial charge on any atom is -0.302 e. The van der Waals surface area contributed by atoms with Gasteiger partial charge in [-0.2, -0.15) is 11.8 Å². The summed E-state index contributed by atoms with van der Waals surface area (Å²) in [6.07, 6.45) is 0.754. The number of hydrogen-bond acceptors (Lipinski definition) is 3. The molecule has 1 heterocycles. The Morgan fingerprint density at radius 2 is 2.05 bits per heavy atom. The second kappa shape index (κ2) is 5.74. The van der Waals surface area contributed by atoms with Crippen LogP contribution in [-0.4, -0.2) is 29.7 Å². The summed E-state index contributed by atoms with van der Waals surface area (Å²) >= 11 is 1.76. The fourth-order valence-electron chi connectivity index (χ4n) is 2.20. The third-order valence-electron chi connectivity index (χ3n) is 3.04. The Bertz CT molecular complexity index is 530. The molecular weight excluding hydrogens is 265 g/mol. The number of anilines is 1. The van der Waals surface area contributed by atoms with Gasteiger partial charge < -0.3 is 4.90 Å². The lowest BCUT2D eigenvalue weighted by atomic mass is 10.1. The van der Waals surface area contributed by atoms with Gasteiger partial charge in [-0.05, 0) is 42.5 Å². The van der Waals surface area contributed by atoms with Crippen LogP contribution in [0.4, 0.5) is 10.1 Å². The minimum absolute atomic E-state index is 0.155. The Kier molecular flexibility index (Phi) is 4.24. The number of thioether (sulfide) groups is 1. The molecule has 0 atom stereocenters. The summed E-state index contributed by atoms with van der Waals surface area (Å²) in [5, 5.41) is 0. The van der Waals surface area contributed by atoms with E-state index >= 15 is 0 Å². The van der Waals surface area contributed by atoms with Crippen LogP contribution < -0.4 is 4.90 Å². The van der Waals surface area contributed by atoms with Crippen LogP contribution in [0.2, 0.25) is 0 Å². The van der Waals surface area contributed by atoms with Gasteiger partial charge in [-0.15, -0.1) is 0 Å². The maximum absolute atomic E-state index is 14.0. The van der Waals surface area contributed by atoms with Crippen molar-refractivity contribution >= 4 is 29.1 Å². The number of hydrogen-bond donors (Lipinski definition) is 0. The lowest BCUT2D eigenvalue weighted by Crippen LogP contribution is -2.31. The lowest BCUT2D eigenvalue weighted by molar-refractivity contribution is -0.114. The van der Waals surface area contributed by atoms with E-state index in [0.717, 1.165) is 17.9 Å². The van der Waals surface area contributed by atoms with Crippen molar-refractivity contribution < 1.29 is 14.0 Å². The molecule has 0 saturated heterocycles. The zero-order valence-electron chi connectivity index (χ0n) is 11.0. The molecule has 5 heteroatoms. The average molecular weight is 281 g/mol. The molecule has 1 aromatic rings. The summed E-state index contributed by atoms with van der Waals surface area (Å²) < 4.78 is 14.0. The number of Topliss-reactive ketones (excluding diaryl/α,β-unsaturated/α-hetero) is 1. The molecule has 0 spiro atoms. The van der Waals surface area contributed by atoms with Crippen LogP contribution in [0.1, 0.15) is 29.3 Å². The fourth-order valence-corrected chi connectivity index (χ4v) is 2.83. The normalized spacial score (nSPS) is 14.2. The van der Waals surface area contributed by atoms with Gasteiger partial charge in [-0.1, -0.05) is 6.92 Å². The Morgan fingerprint density at radius 3 is 2.74 bits per heavy atom. The van der Waals surface area contributed by atoms with Crippen molar-refractivity contribution in [2.75, 3.05) is 23.0 Å². The number of halogens is 1. The molecule has 102 valence electrons. The molecule has 0 unspecified atom stereocenters. The highest BCUT2D eigenvalue weighted by molar-refractivity contribution is 7.99. The maximum Gasteiger partial charge on any atom is 0.299 e. The van der Waals surface area contributed by atoms with E-state index in [1.165, 1.54) is 11.0 Å². The number of rotatable bonds is 5. The van der Waals surface area contributed by atoms with Crippen molar-refractivity contribution in [1.29, 1.82) is 0 Å². The van der Waals surface area contributed by atoms with Crippen LogP contribution in [0.25, 0.3) is 0 Å². The van der Waals surface area contributed by atoms with Gasteiger partial charge in [0.1, 0.15) is 5.82 Å². The van der Waals surface area contributed by atoms with Crippen molar-refractivity contribution in [3.63, 3.8) is 0 Å². The van der Waals surface area contributed by atoms with E-state index < -0.39 is 17.5 Å². The summed E-state index contributed by atoms with van der Waals surface area (Å²) in [5.41, 5.74) is 1.01. The second-order valence-corrected chi connectivity index (χ2v) is 5.87. The Balaban J connectivity index is 2.23. The SMILES string of the molecule is CCSCCCN1C(=O)C(=O)c2cc(C)cc(F)c21. The smallest absolute Gasteiger partial charge is 0.299 e. The molecule has 19 heavy (non-hydrogen) atoms. The number of carbonyl (C=O) groups excluding carboxylic acids is 2. The molecule has 3 nitrogen and oxygen atoms in total. The lowest BCUT2D eigenvalue weighted by Gasteiger charge is -2.17. The van der Waals surface area contributed by atoms with Gasteiger partial charge in [-0.25, -0.2) is 4.39 Å². The summed E-state index contributed by atoms with van der Waals surface area (Å²) in [7, 11) is 0. The molecule has 2 rings (SSSR count). The summed E-state index contributed by atoms with van der Waals surface area (Å²) in [6.45, 7) is 4.17. The number of benzene rings is 1. The molecule has 0 aliphatic carbocycles. The number of carbonyl (C=O) groups is 2. The quantitative estimate of drug-likeness (QED) is 0.615. The number of amides is 1. The van der Waals surface area contributed by atoms with E-state index in [-0.39, 0.29) is 11.3 Å². The Morgan fingerprint density at radius 1 is 1.32 bits per heavy atom. The van der Waals surface area contributed by atoms with Gasteiger partial charge in [-0.3, -0.25) is 9.59 Å². The van der Waals surface area contributed by atoms with Gasteiger partial charge in [0.2, 0.25) is 0 Å². The first-order chi connectivity index (χ1) is 9.06. The van der Waals surface area contributed by atoms with E-state index in [4.69, 9.17) is 0 Å². The first kappa shape index (κ1) is 14.1. The van der Waals surface area contributed by atoms with Crippen LogP contribution in [0.5, 0.6) is 0 Å². The highest BCUT2D eigenvalue weighted by Gasteiger charge is 2.37. The number of nitrogens with zero attached hydrogens (tertiary/aromatic N) is 1. The molecule has 0 radical (unpaired) electrons. The minimum atomic E-state index is -0.610. The van der Waals surface area contributed by atoms with E-state index in [2.05, 4.69) is 6.92 Å². The van der Waals surface area contributed by atoms with Crippen LogP contribution in [0.3, 0.4) is 0 Å². The van der Waals surface area contributed by atoms with Gasteiger partial charge in [0.15, 0.2) is 0 Å². The van der Waals surface area contributed by atoms with E-state index in [0.29, 0.717) is 12.1 Å². The maximum atomic E-state index is 14.0. The monoisotopic (exact) mass is 281 g/mol. The molecule has 0 bridgehead atoms. The average Bonchev–Trinajstić information content (AvgIpc) is 2.60. The van der Waals surface area contributed by atoms with Crippen molar-refractivity contribution in [1.82, 2.24) is 0 Å². The molecule has 0 aromatic heterocycles. The molecule has 0 N–H and O–H groups in total. The van der Waals surface area contributed by atoms with Gasteiger partial charge in [0.05, 0.1) is 11.3 Å². The van der Waals surface area contributed by atoms with E-state index in [1.54, 1.807) is 24.8 Å². The van der Waals surface area contributed by atoms with Crippen molar-refractivity contribution in [3.05, 3.63) is 29.1 Å². The van der Waals surface area contributed by atoms with Crippen LogP contribution in [0.15, 0.2) is 12.1 Å². The van der Waals surface area contributed by atoms with Gasteiger partial charge in [0.25, 0.3) is 11.7 Å². The number of ketones is 1. The standard InChI is InChI=1S/C14H16FNO2S/c1-3-19-6-4-5-16-12-10(13(17)14(16)18)7-9(2)8-11(12)15/h7-8H,3-6H2,1-2H3. The van der Waals surface area contributed by atoms with E-state index in [1.807, 2.05) is 0 Å². The van der Waals surface area contributed by atoms with Crippen LogP contribution in [-0.2, 0) is 4.79 Å². The molecule has 1 aliphatic rings. The molecule has 1 aromatic carbocycles. The second-order valence-electron chi connectivity index (χ2n) is 4.48. The number of fused-ring (bicyclic) bond motifs is 1. The van der Waals surface area contributed by atoms with Crippen molar-refractivity contribution in [2.45, 2.75) is 20.3 Å². The third kappa shape index (κ3) is 2.66. The molecule has 1 aliphatic heterocycles. The van der Waals surface area contributed by atoms with Crippen molar-refractivity contribution in [2.24, 2.45) is 0 Å². The molecule has 0 saturated carbocycles. The van der Waals surface area contributed by atoms with Crippen LogP contribution >= 0.6 is 11.8 Å². The third-order valence-corrected chi connectivity index (χ3v) is 4.02. The van der Waals surface area contributed by atoms with E-state index in [9.17, 15) is 14.0 Å². The predicted octanol–water partition coefficient (Wildman–Crippen LogP) is 2.81. The Hall–Kier alpha value is -1.36. The summed E-state index contributed by atoms with van der Waals surface area (Å²) in [4.78, 5) is 25.0. The summed E-state index contributed by atoms with van der Waals surface area (Å²) in [6, 6.07) is 2.94. The molecule has 0 fully saturated rings. The fraction of sp³-hybridized carbons (Fsp3) is 0.429. The largest absolute Gasteiger partial charge is 0.302 e. The van der Waals surface area contributed by atoms with Gasteiger partial charge in [0, 0.05) is 6.54 Å². The summed E-state index contributed by atoms with van der Waals surface area (Å²) in [5.74, 6) is 0.216. The highest BCUT2D eigenvalue weighted by Crippen LogP contribution is 2.32. The number of aryl methyl sites for hydroxylation is 1. The zero-order chi connectivity index (χ0) is 14.0. The van der Waals surface area contributed by atoms with Crippen molar-refractivity contribution in [3.8, 4) is 0 Å². The first-order valence-electron chi connectivity index (χ1n) is 6.30.